The zero-order valence-electron chi connectivity index (χ0n) is 10.2. The Morgan fingerprint density at radius 2 is 2.06 bits per heavy atom. The number of hydrogen-bond acceptors (Lipinski definition) is 2. The molecule has 0 amide bonds. The molecule has 1 heterocycles. The fraction of sp³-hybridized carbons (Fsp3) is 0.538. The molecular weight excluding hydrogens is 337 g/mol. The van der Waals surface area contributed by atoms with E-state index in [1.54, 1.807) is 0 Å². The molecule has 0 spiro atoms. The summed E-state index contributed by atoms with van der Waals surface area (Å²) < 4.78 is 6.55. The van der Waals surface area contributed by atoms with E-state index in [2.05, 4.69) is 28.2 Å². The van der Waals surface area contributed by atoms with E-state index in [1.165, 1.54) is 0 Å². The molecule has 0 aliphatic carbocycles. The zero-order chi connectivity index (χ0) is 13.1. The van der Waals surface area contributed by atoms with Gasteiger partial charge in [-0.05, 0) is 31.4 Å². The summed E-state index contributed by atoms with van der Waals surface area (Å²) in [5.74, 6) is 0. The molecular formula is C13H16BrCl2NO. The Hall–Kier alpha value is 0.0400. The predicted octanol–water partition coefficient (Wildman–Crippen LogP) is 5.13. The van der Waals surface area contributed by atoms with Gasteiger partial charge in [0.05, 0.1) is 21.8 Å². The van der Waals surface area contributed by atoms with Crippen LogP contribution in [0.3, 0.4) is 0 Å². The standard InChI is InChI=1S/C13H16BrCl2NO/c1-2-10-7-9(3-4-18-10)17-13-11(15)5-8(14)6-12(13)16/h5-6,9-10,17H,2-4,7H2,1H3. The quantitative estimate of drug-likeness (QED) is 0.814. The van der Waals surface area contributed by atoms with E-state index in [0.717, 1.165) is 36.0 Å². The fourth-order valence-corrected chi connectivity index (χ4v) is 3.50. The molecule has 5 heteroatoms. The normalized spacial score (nSPS) is 24.0. The van der Waals surface area contributed by atoms with Gasteiger partial charge < -0.3 is 10.1 Å². The van der Waals surface area contributed by atoms with Gasteiger partial charge in [-0.2, -0.15) is 0 Å². The molecule has 2 nitrogen and oxygen atoms in total. The molecule has 1 aromatic rings. The fourth-order valence-electron chi connectivity index (χ4n) is 2.18. The van der Waals surface area contributed by atoms with Crippen LogP contribution in [0.4, 0.5) is 5.69 Å². The van der Waals surface area contributed by atoms with Crippen molar-refractivity contribution in [3.05, 3.63) is 26.7 Å². The molecule has 0 saturated carbocycles. The van der Waals surface area contributed by atoms with Crippen LogP contribution in [0.25, 0.3) is 0 Å². The molecule has 2 unspecified atom stereocenters. The minimum Gasteiger partial charge on any atom is -0.380 e. The SMILES string of the molecule is CCC1CC(Nc2c(Cl)cc(Br)cc2Cl)CCO1. The van der Waals surface area contributed by atoms with Gasteiger partial charge in [0.2, 0.25) is 0 Å². The molecule has 0 bridgehead atoms. The Morgan fingerprint density at radius 1 is 1.39 bits per heavy atom. The second-order valence-corrected chi connectivity index (χ2v) is 6.24. The van der Waals surface area contributed by atoms with Crippen LogP contribution in [0.1, 0.15) is 26.2 Å². The summed E-state index contributed by atoms with van der Waals surface area (Å²) in [4.78, 5) is 0. The van der Waals surface area contributed by atoms with E-state index in [1.807, 2.05) is 12.1 Å². The third-order valence-corrected chi connectivity index (χ3v) is 4.23. The van der Waals surface area contributed by atoms with Crippen LogP contribution in [0, 0.1) is 0 Å². The molecule has 0 radical (unpaired) electrons. The maximum atomic E-state index is 6.22. The van der Waals surface area contributed by atoms with Gasteiger partial charge in [-0.25, -0.2) is 0 Å². The largest absolute Gasteiger partial charge is 0.380 e. The summed E-state index contributed by atoms with van der Waals surface area (Å²) in [5, 5.41) is 4.74. The van der Waals surface area contributed by atoms with Crippen LogP contribution in [-0.2, 0) is 4.74 Å². The van der Waals surface area contributed by atoms with Gasteiger partial charge in [0, 0.05) is 17.1 Å². The van der Waals surface area contributed by atoms with Crippen LogP contribution in [0.15, 0.2) is 16.6 Å². The number of hydrogen-bond donors (Lipinski definition) is 1. The molecule has 1 saturated heterocycles. The van der Waals surface area contributed by atoms with Gasteiger partial charge in [-0.1, -0.05) is 46.1 Å². The lowest BCUT2D eigenvalue weighted by Gasteiger charge is -2.30. The lowest BCUT2D eigenvalue weighted by Crippen LogP contribution is -2.33. The summed E-state index contributed by atoms with van der Waals surface area (Å²) in [6, 6.07) is 4.08. The van der Waals surface area contributed by atoms with Crippen LogP contribution in [0.2, 0.25) is 10.0 Å². The van der Waals surface area contributed by atoms with Crippen molar-refractivity contribution in [3.8, 4) is 0 Å². The van der Waals surface area contributed by atoms with Crippen molar-refractivity contribution >= 4 is 44.8 Å². The Labute approximate surface area is 126 Å². The molecule has 1 aliphatic rings. The molecule has 1 aromatic carbocycles. The van der Waals surface area contributed by atoms with Crippen molar-refractivity contribution in [3.63, 3.8) is 0 Å². The molecule has 100 valence electrons. The molecule has 2 atom stereocenters. The van der Waals surface area contributed by atoms with Crippen molar-refractivity contribution in [2.75, 3.05) is 11.9 Å². The van der Waals surface area contributed by atoms with Crippen LogP contribution < -0.4 is 5.32 Å². The minimum atomic E-state index is 0.337. The van der Waals surface area contributed by atoms with Crippen LogP contribution in [-0.4, -0.2) is 18.8 Å². The zero-order valence-corrected chi connectivity index (χ0v) is 13.3. The number of anilines is 1. The summed E-state index contributed by atoms with van der Waals surface area (Å²) in [7, 11) is 0. The van der Waals surface area contributed by atoms with E-state index >= 15 is 0 Å². The number of halogens is 3. The first kappa shape index (κ1) is 14.4. The third-order valence-electron chi connectivity index (χ3n) is 3.18. The number of rotatable bonds is 3. The topological polar surface area (TPSA) is 21.3 Å². The molecule has 18 heavy (non-hydrogen) atoms. The van der Waals surface area contributed by atoms with Crippen LogP contribution in [0.5, 0.6) is 0 Å². The van der Waals surface area contributed by atoms with Crippen molar-refractivity contribution < 1.29 is 4.74 Å². The van der Waals surface area contributed by atoms with E-state index in [9.17, 15) is 0 Å². The first-order chi connectivity index (χ1) is 8.60. The van der Waals surface area contributed by atoms with Crippen molar-refractivity contribution in [2.45, 2.75) is 38.3 Å². The lowest BCUT2D eigenvalue weighted by molar-refractivity contribution is 0.00926. The van der Waals surface area contributed by atoms with Crippen molar-refractivity contribution in [2.24, 2.45) is 0 Å². The highest BCUT2D eigenvalue weighted by molar-refractivity contribution is 9.10. The molecule has 1 N–H and O–H groups in total. The Bertz CT molecular complexity index is 404. The monoisotopic (exact) mass is 351 g/mol. The number of benzene rings is 1. The van der Waals surface area contributed by atoms with Gasteiger partial charge in [0.25, 0.3) is 0 Å². The maximum Gasteiger partial charge on any atom is 0.0721 e. The van der Waals surface area contributed by atoms with E-state index in [4.69, 9.17) is 27.9 Å². The molecule has 0 aromatic heterocycles. The average molecular weight is 353 g/mol. The second kappa shape index (κ2) is 6.47. The van der Waals surface area contributed by atoms with E-state index in [-0.39, 0.29) is 0 Å². The average Bonchev–Trinajstić information content (AvgIpc) is 2.34. The Balaban J connectivity index is 2.09. The van der Waals surface area contributed by atoms with Gasteiger partial charge in [-0.15, -0.1) is 0 Å². The second-order valence-electron chi connectivity index (χ2n) is 4.51. The van der Waals surface area contributed by atoms with Gasteiger partial charge >= 0.3 is 0 Å². The van der Waals surface area contributed by atoms with Crippen LogP contribution >= 0.6 is 39.1 Å². The highest BCUT2D eigenvalue weighted by Gasteiger charge is 2.22. The van der Waals surface area contributed by atoms with E-state index < -0.39 is 0 Å². The summed E-state index contributed by atoms with van der Waals surface area (Å²) in [6.07, 6.45) is 3.36. The van der Waals surface area contributed by atoms with Crippen molar-refractivity contribution in [1.29, 1.82) is 0 Å². The highest BCUT2D eigenvalue weighted by Crippen LogP contribution is 2.35. The first-order valence-corrected chi connectivity index (χ1v) is 7.67. The molecule has 2 rings (SSSR count). The first-order valence-electron chi connectivity index (χ1n) is 6.12. The smallest absolute Gasteiger partial charge is 0.0721 e. The minimum absolute atomic E-state index is 0.337. The third kappa shape index (κ3) is 3.53. The molecule has 1 fully saturated rings. The van der Waals surface area contributed by atoms with Crippen molar-refractivity contribution in [1.82, 2.24) is 0 Å². The lowest BCUT2D eigenvalue weighted by atomic mass is 10.0. The number of nitrogens with one attached hydrogen (secondary N) is 1. The predicted molar refractivity (Wildman–Crippen MR) is 80.8 cm³/mol. The molecule has 1 aliphatic heterocycles. The van der Waals surface area contributed by atoms with Gasteiger partial charge in [0.1, 0.15) is 0 Å². The summed E-state index contributed by atoms with van der Waals surface area (Å²) in [5.41, 5.74) is 0.822. The Morgan fingerprint density at radius 3 is 2.67 bits per heavy atom. The highest BCUT2D eigenvalue weighted by atomic mass is 79.9. The summed E-state index contributed by atoms with van der Waals surface area (Å²) in [6.45, 7) is 2.94. The van der Waals surface area contributed by atoms with Gasteiger partial charge in [0.15, 0.2) is 0 Å². The summed E-state index contributed by atoms with van der Waals surface area (Å²) >= 11 is 15.8. The Kier molecular flexibility index (Phi) is 5.19. The number of ether oxygens (including phenoxy) is 1. The van der Waals surface area contributed by atoms with Gasteiger partial charge in [-0.3, -0.25) is 0 Å². The maximum absolute atomic E-state index is 6.22. The van der Waals surface area contributed by atoms with E-state index in [0.29, 0.717) is 22.2 Å².